The lowest BCUT2D eigenvalue weighted by molar-refractivity contribution is 0.261. The second-order valence-electron chi connectivity index (χ2n) is 5.71. The molecule has 19 heavy (non-hydrogen) atoms. The lowest BCUT2D eigenvalue weighted by Crippen LogP contribution is -2.21. The third kappa shape index (κ3) is 8.35. The summed E-state index contributed by atoms with van der Waals surface area (Å²) in [6, 6.07) is -0.0227. The van der Waals surface area contributed by atoms with Gasteiger partial charge >= 0.3 is 0 Å². The highest BCUT2D eigenvalue weighted by molar-refractivity contribution is 4.78. The maximum absolute atomic E-state index is 11.2. The van der Waals surface area contributed by atoms with Crippen LogP contribution in [0.1, 0.15) is 78.6 Å². The molecule has 3 nitrogen and oxygen atoms in total. The molecule has 0 aliphatic heterocycles. The van der Waals surface area contributed by atoms with Crippen LogP contribution in [0.25, 0.3) is 0 Å². The third-order valence-corrected chi connectivity index (χ3v) is 4.31. The number of aliphatic hydroxyl groups excluding tert-OH is 1. The smallest absolute Gasteiger partial charge is 0.0950 e. The molecule has 1 N–H and O–H groups in total. The van der Waals surface area contributed by atoms with Gasteiger partial charge in [-0.2, -0.15) is 4.91 Å². The Morgan fingerprint density at radius 2 is 1.74 bits per heavy atom. The van der Waals surface area contributed by atoms with Gasteiger partial charge in [-0.3, -0.25) is 0 Å². The van der Waals surface area contributed by atoms with E-state index >= 15 is 0 Å². The van der Waals surface area contributed by atoms with Crippen molar-refractivity contribution in [2.24, 2.45) is 17.0 Å². The first-order valence-electron chi connectivity index (χ1n) is 8.16. The number of unbranched alkanes of at least 4 members (excludes halogenated alkanes) is 2. The van der Waals surface area contributed by atoms with E-state index in [9.17, 15) is 4.91 Å². The largest absolute Gasteiger partial charge is 0.396 e. The zero-order valence-electron chi connectivity index (χ0n) is 13.1. The Hall–Kier alpha value is -0.440. The number of hydrogen-bond acceptors (Lipinski definition) is 3. The van der Waals surface area contributed by atoms with Crippen LogP contribution < -0.4 is 0 Å². The molecule has 0 saturated heterocycles. The van der Waals surface area contributed by atoms with E-state index in [0.29, 0.717) is 11.8 Å². The summed E-state index contributed by atoms with van der Waals surface area (Å²) in [6.45, 7) is 6.83. The molecule has 0 saturated carbocycles. The van der Waals surface area contributed by atoms with Gasteiger partial charge in [0.25, 0.3) is 0 Å². The first kappa shape index (κ1) is 18.6. The summed E-state index contributed by atoms with van der Waals surface area (Å²) in [4.78, 5) is 11.2. The highest BCUT2D eigenvalue weighted by atomic mass is 16.3. The molecule has 0 radical (unpaired) electrons. The van der Waals surface area contributed by atoms with Crippen molar-refractivity contribution in [1.82, 2.24) is 0 Å². The predicted octanol–water partition coefficient (Wildman–Crippen LogP) is 4.92. The molecule has 3 heteroatoms. The van der Waals surface area contributed by atoms with Crippen LogP contribution in [0.2, 0.25) is 0 Å². The fourth-order valence-electron chi connectivity index (χ4n) is 2.83. The Bertz CT molecular complexity index is 209. The molecule has 0 aliphatic carbocycles. The van der Waals surface area contributed by atoms with Crippen LogP contribution in [-0.2, 0) is 0 Å². The lowest BCUT2D eigenvalue weighted by Gasteiger charge is -2.24. The summed E-state index contributed by atoms with van der Waals surface area (Å²) in [6.07, 6.45) is 9.71. The Balaban J connectivity index is 4.28. The van der Waals surface area contributed by atoms with Crippen molar-refractivity contribution in [1.29, 1.82) is 0 Å². The molecule has 0 fully saturated rings. The van der Waals surface area contributed by atoms with Gasteiger partial charge in [-0.05, 0) is 31.1 Å². The SMILES string of the molecule is CCCCC(CC)CC(N=O)C(CC)CCCCO. The van der Waals surface area contributed by atoms with Gasteiger partial charge in [0, 0.05) is 6.61 Å². The van der Waals surface area contributed by atoms with Gasteiger partial charge in [-0.25, -0.2) is 0 Å². The molecular weight excluding hydrogens is 238 g/mol. The summed E-state index contributed by atoms with van der Waals surface area (Å²) < 4.78 is 0. The van der Waals surface area contributed by atoms with Gasteiger partial charge in [0.15, 0.2) is 0 Å². The van der Waals surface area contributed by atoms with E-state index in [1.54, 1.807) is 0 Å². The Morgan fingerprint density at radius 3 is 2.21 bits per heavy atom. The van der Waals surface area contributed by atoms with Gasteiger partial charge in [0.2, 0.25) is 0 Å². The minimum absolute atomic E-state index is 0.0227. The Kier molecular flexibility index (Phi) is 12.3. The minimum atomic E-state index is -0.0227. The molecule has 0 heterocycles. The van der Waals surface area contributed by atoms with Crippen molar-refractivity contribution in [2.75, 3.05) is 6.61 Å². The molecule has 0 rings (SSSR count). The fourth-order valence-corrected chi connectivity index (χ4v) is 2.83. The summed E-state index contributed by atoms with van der Waals surface area (Å²) >= 11 is 0. The van der Waals surface area contributed by atoms with E-state index in [4.69, 9.17) is 5.11 Å². The number of aliphatic hydroxyl groups is 1. The Labute approximate surface area is 119 Å². The van der Waals surface area contributed by atoms with Gasteiger partial charge in [-0.15, -0.1) is 0 Å². The van der Waals surface area contributed by atoms with Crippen LogP contribution in [0.3, 0.4) is 0 Å². The average molecular weight is 271 g/mol. The fraction of sp³-hybridized carbons (Fsp3) is 1.00. The number of hydrogen-bond donors (Lipinski definition) is 1. The molecule has 0 aromatic rings. The topological polar surface area (TPSA) is 49.7 Å². The quantitative estimate of drug-likeness (QED) is 0.382. The van der Waals surface area contributed by atoms with Gasteiger partial charge in [0.1, 0.15) is 0 Å². The standard InChI is InChI=1S/C16H33NO2/c1-4-7-10-14(5-2)13-16(17-19)15(6-3)11-8-9-12-18/h14-16,18H,4-13H2,1-3H3. The van der Waals surface area contributed by atoms with Crippen LogP contribution >= 0.6 is 0 Å². The average Bonchev–Trinajstić information content (AvgIpc) is 2.45. The molecule has 0 aromatic carbocycles. The van der Waals surface area contributed by atoms with Gasteiger partial charge in [-0.1, -0.05) is 64.5 Å². The van der Waals surface area contributed by atoms with Crippen molar-refractivity contribution in [2.45, 2.75) is 84.6 Å². The van der Waals surface area contributed by atoms with Crippen LogP contribution in [0, 0.1) is 16.7 Å². The second kappa shape index (κ2) is 12.6. The monoisotopic (exact) mass is 271 g/mol. The molecule has 0 aromatic heterocycles. The van der Waals surface area contributed by atoms with E-state index in [1.165, 1.54) is 19.3 Å². The van der Waals surface area contributed by atoms with E-state index in [2.05, 4.69) is 25.9 Å². The van der Waals surface area contributed by atoms with Crippen molar-refractivity contribution < 1.29 is 5.11 Å². The first-order chi connectivity index (χ1) is 9.23. The number of nitrogens with zero attached hydrogens (tertiary/aromatic N) is 1. The van der Waals surface area contributed by atoms with Crippen molar-refractivity contribution in [3.63, 3.8) is 0 Å². The van der Waals surface area contributed by atoms with E-state index in [0.717, 1.165) is 38.5 Å². The summed E-state index contributed by atoms with van der Waals surface area (Å²) in [7, 11) is 0. The highest BCUT2D eigenvalue weighted by Crippen LogP contribution is 2.28. The summed E-state index contributed by atoms with van der Waals surface area (Å²) in [5.74, 6) is 1.05. The lowest BCUT2D eigenvalue weighted by atomic mass is 9.83. The van der Waals surface area contributed by atoms with E-state index in [1.807, 2.05) is 0 Å². The van der Waals surface area contributed by atoms with E-state index in [-0.39, 0.29) is 12.6 Å². The maximum atomic E-state index is 11.2. The van der Waals surface area contributed by atoms with Crippen LogP contribution in [0.4, 0.5) is 0 Å². The first-order valence-corrected chi connectivity index (χ1v) is 8.16. The van der Waals surface area contributed by atoms with Crippen LogP contribution in [-0.4, -0.2) is 17.8 Å². The number of nitroso groups, excluding NO2 is 1. The molecule has 3 atom stereocenters. The van der Waals surface area contributed by atoms with Crippen LogP contribution in [0.5, 0.6) is 0 Å². The molecule has 114 valence electrons. The van der Waals surface area contributed by atoms with E-state index < -0.39 is 0 Å². The molecule has 0 spiro atoms. The van der Waals surface area contributed by atoms with Crippen LogP contribution in [0.15, 0.2) is 5.18 Å². The van der Waals surface area contributed by atoms with Crippen molar-refractivity contribution in [3.05, 3.63) is 4.91 Å². The van der Waals surface area contributed by atoms with Gasteiger partial charge in [0.05, 0.1) is 6.04 Å². The zero-order chi connectivity index (χ0) is 14.5. The molecule has 0 bridgehead atoms. The minimum Gasteiger partial charge on any atom is -0.396 e. The normalized spacial score (nSPS) is 16.0. The molecule has 0 amide bonds. The summed E-state index contributed by atoms with van der Waals surface area (Å²) in [5, 5.41) is 12.3. The van der Waals surface area contributed by atoms with Crippen molar-refractivity contribution in [3.8, 4) is 0 Å². The predicted molar refractivity (Wildman–Crippen MR) is 82.2 cm³/mol. The molecule has 3 unspecified atom stereocenters. The number of rotatable bonds is 13. The Morgan fingerprint density at radius 1 is 1.00 bits per heavy atom. The summed E-state index contributed by atoms with van der Waals surface area (Å²) in [5.41, 5.74) is 0. The molecule has 0 aliphatic rings. The second-order valence-corrected chi connectivity index (χ2v) is 5.71. The third-order valence-electron chi connectivity index (χ3n) is 4.31. The van der Waals surface area contributed by atoms with Crippen molar-refractivity contribution >= 4 is 0 Å². The maximum Gasteiger partial charge on any atom is 0.0950 e. The zero-order valence-corrected chi connectivity index (χ0v) is 13.1. The highest BCUT2D eigenvalue weighted by Gasteiger charge is 2.23. The molecular formula is C16H33NO2. The van der Waals surface area contributed by atoms with Gasteiger partial charge < -0.3 is 5.11 Å².